The highest BCUT2D eigenvalue weighted by Gasteiger charge is 2.12. The van der Waals surface area contributed by atoms with Crippen LogP contribution in [0.4, 0.5) is 4.79 Å². The first-order chi connectivity index (χ1) is 11.7. The second kappa shape index (κ2) is 11.2. The van der Waals surface area contributed by atoms with Gasteiger partial charge in [-0.15, -0.1) is 0 Å². The van der Waals surface area contributed by atoms with Crippen LogP contribution in [-0.2, 0) is 4.79 Å². The molecule has 0 aromatic rings. The van der Waals surface area contributed by atoms with Crippen LogP contribution in [-0.4, -0.2) is 24.1 Å². The quantitative estimate of drug-likeness (QED) is 0.250. The minimum absolute atomic E-state index is 0.0803. The van der Waals surface area contributed by atoms with Crippen LogP contribution >= 0.6 is 0 Å². The van der Waals surface area contributed by atoms with Crippen molar-refractivity contribution in [2.24, 2.45) is 0 Å². The average molecular weight is 345 g/mol. The summed E-state index contributed by atoms with van der Waals surface area (Å²) in [6.07, 6.45) is 5.85. The fourth-order valence-corrected chi connectivity index (χ4v) is 1.91. The number of urea groups is 1. The molecule has 0 aliphatic heterocycles. The van der Waals surface area contributed by atoms with Gasteiger partial charge in [0.25, 0.3) is 0 Å². The Kier molecular flexibility index (Phi) is 10.1. The molecule has 0 heterocycles. The number of allylic oxidation sites excluding steroid dienone is 7. The third kappa shape index (κ3) is 7.79. The van der Waals surface area contributed by atoms with Crippen molar-refractivity contribution in [3.05, 3.63) is 46.7 Å². The molecule has 0 aromatic heterocycles. The summed E-state index contributed by atoms with van der Waals surface area (Å²) in [7, 11) is 0. The summed E-state index contributed by atoms with van der Waals surface area (Å²) in [4.78, 5) is 23.1. The predicted molar refractivity (Wildman–Crippen MR) is 105 cm³/mol. The van der Waals surface area contributed by atoms with Gasteiger partial charge in [0.05, 0.1) is 5.71 Å². The van der Waals surface area contributed by atoms with E-state index >= 15 is 0 Å². The highest BCUT2D eigenvalue weighted by Crippen LogP contribution is 2.16. The molecule has 0 radical (unpaired) electrons. The van der Waals surface area contributed by atoms with E-state index in [4.69, 9.17) is 5.41 Å². The van der Waals surface area contributed by atoms with E-state index in [9.17, 15) is 9.59 Å². The molecule has 5 nitrogen and oxygen atoms in total. The van der Waals surface area contributed by atoms with Crippen LogP contribution < -0.4 is 10.6 Å². The van der Waals surface area contributed by atoms with Gasteiger partial charge in [0, 0.05) is 17.3 Å². The normalized spacial score (nSPS) is 14.3. The molecule has 5 heteroatoms. The summed E-state index contributed by atoms with van der Waals surface area (Å²) in [5.74, 6) is 0. The smallest absolute Gasteiger partial charge is 0.319 e. The number of aldehydes is 1. The molecule has 0 fully saturated rings. The number of hydrogen-bond acceptors (Lipinski definition) is 3. The van der Waals surface area contributed by atoms with Gasteiger partial charge in [-0.25, -0.2) is 4.79 Å². The fourth-order valence-electron chi connectivity index (χ4n) is 1.91. The Morgan fingerprint density at radius 1 is 1.20 bits per heavy atom. The Morgan fingerprint density at radius 3 is 2.24 bits per heavy atom. The predicted octanol–water partition coefficient (Wildman–Crippen LogP) is 4.44. The van der Waals surface area contributed by atoms with Crippen LogP contribution in [0, 0.1) is 5.41 Å². The Hall–Kier alpha value is -2.43. The van der Waals surface area contributed by atoms with E-state index < -0.39 is 0 Å². The average Bonchev–Trinajstić information content (AvgIpc) is 2.56. The van der Waals surface area contributed by atoms with Crippen LogP contribution in [0.25, 0.3) is 0 Å². The summed E-state index contributed by atoms with van der Waals surface area (Å²) < 4.78 is 0. The SMILES string of the molecule is C=C(C)/C(C=O)=C\C(=C/CC)C(=N)/C(C)=C(\C)NC(=O)N[C@H](C)CC. The van der Waals surface area contributed by atoms with Gasteiger partial charge in [-0.1, -0.05) is 26.5 Å². The Morgan fingerprint density at radius 2 is 1.80 bits per heavy atom. The van der Waals surface area contributed by atoms with E-state index in [2.05, 4.69) is 17.2 Å². The lowest BCUT2D eigenvalue weighted by atomic mass is 9.97. The monoisotopic (exact) mass is 345 g/mol. The number of amides is 2. The van der Waals surface area contributed by atoms with Gasteiger partial charge < -0.3 is 10.6 Å². The van der Waals surface area contributed by atoms with Crippen molar-refractivity contribution in [1.29, 1.82) is 5.41 Å². The molecule has 0 aliphatic rings. The second-order valence-corrected chi connectivity index (χ2v) is 6.10. The molecule has 0 aliphatic carbocycles. The minimum Gasteiger partial charge on any atom is -0.335 e. The fraction of sp³-hybridized carbons (Fsp3) is 0.450. The van der Waals surface area contributed by atoms with Gasteiger partial charge in [-0.05, 0) is 63.3 Å². The second-order valence-electron chi connectivity index (χ2n) is 6.10. The first-order valence-electron chi connectivity index (χ1n) is 8.54. The van der Waals surface area contributed by atoms with E-state index in [0.29, 0.717) is 28.0 Å². The summed E-state index contributed by atoms with van der Waals surface area (Å²) in [6, 6.07) is -0.206. The lowest BCUT2D eigenvalue weighted by molar-refractivity contribution is -0.104. The van der Waals surface area contributed by atoms with Crippen LogP contribution in [0.1, 0.15) is 54.4 Å². The Bertz CT molecular complexity index is 625. The molecular formula is C20H31N3O2. The largest absolute Gasteiger partial charge is 0.335 e. The molecule has 0 aromatic carbocycles. The van der Waals surface area contributed by atoms with Gasteiger partial charge in [0.2, 0.25) is 0 Å². The first-order valence-corrected chi connectivity index (χ1v) is 8.54. The van der Waals surface area contributed by atoms with Gasteiger partial charge in [0.15, 0.2) is 0 Å². The molecule has 0 saturated carbocycles. The summed E-state index contributed by atoms with van der Waals surface area (Å²) >= 11 is 0. The molecule has 0 unspecified atom stereocenters. The molecule has 3 N–H and O–H groups in total. The molecule has 0 saturated heterocycles. The number of hydrogen-bond donors (Lipinski definition) is 3. The Labute approximate surface area is 151 Å². The zero-order valence-electron chi connectivity index (χ0n) is 16.2. The maximum absolute atomic E-state index is 11.9. The van der Waals surface area contributed by atoms with E-state index in [1.54, 1.807) is 26.8 Å². The van der Waals surface area contributed by atoms with Crippen molar-refractivity contribution in [3.8, 4) is 0 Å². The molecule has 1 atom stereocenters. The van der Waals surface area contributed by atoms with E-state index in [1.165, 1.54) is 0 Å². The van der Waals surface area contributed by atoms with Gasteiger partial charge in [-0.2, -0.15) is 0 Å². The van der Waals surface area contributed by atoms with Crippen molar-refractivity contribution in [2.75, 3.05) is 0 Å². The highest BCUT2D eigenvalue weighted by atomic mass is 16.2. The van der Waals surface area contributed by atoms with Gasteiger partial charge in [-0.3, -0.25) is 10.2 Å². The number of carbonyl (C=O) groups excluding carboxylic acids is 2. The molecule has 0 bridgehead atoms. The van der Waals surface area contributed by atoms with Crippen molar-refractivity contribution in [1.82, 2.24) is 10.6 Å². The molecule has 25 heavy (non-hydrogen) atoms. The molecule has 138 valence electrons. The highest BCUT2D eigenvalue weighted by molar-refractivity contribution is 6.13. The van der Waals surface area contributed by atoms with Crippen LogP contribution in [0.3, 0.4) is 0 Å². The van der Waals surface area contributed by atoms with Crippen LogP contribution in [0.5, 0.6) is 0 Å². The van der Waals surface area contributed by atoms with Crippen LogP contribution in [0.2, 0.25) is 0 Å². The first kappa shape index (κ1) is 22.6. The lowest BCUT2D eigenvalue weighted by Crippen LogP contribution is -2.40. The van der Waals surface area contributed by atoms with E-state index in [-0.39, 0.29) is 17.8 Å². The molecule has 0 rings (SSSR count). The zero-order valence-corrected chi connectivity index (χ0v) is 16.2. The standard InChI is InChI=1S/C20H31N3O2/c1-8-10-17(11-18(12-24)13(3)4)19(21)15(6)16(7)23-20(25)22-14(5)9-2/h10-12,14,21H,3,8-9H2,1-2,4-7H3,(H2,22,23,25)/b16-15+,17-10+,18-11-,21-19?/t14-/m1/s1. The van der Waals surface area contributed by atoms with Crippen molar-refractivity contribution >= 4 is 18.0 Å². The van der Waals surface area contributed by atoms with Gasteiger partial charge in [0.1, 0.15) is 6.29 Å². The van der Waals surface area contributed by atoms with Crippen molar-refractivity contribution < 1.29 is 9.59 Å². The number of rotatable bonds is 9. The number of nitrogens with one attached hydrogen (secondary N) is 3. The van der Waals surface area contributed by atoms with Crippen molar-refractivity contribution in [3.63, 3.8) is 0 Å². The molecule has 0 spiro atoms. The number of carbonyl (C=O) groups is 2. The van der Waals surface area contributed by atoms with Crippen molar-refractivity contribution in [2.45, 2.75) is 60.4 Å². The summed E-state index contributed by atoms with van der Waals surface area (Å²) in [6.45, 7) is 15.0. The third-order valence-corrected chi connectivity index (χ3v) is 3.87. The third-order valence-electron chi connectivity index (χ3n) is 3.87. The van der Waals surface area contributed by atoms with E-state index in [1.807, 2.05) is 26.8 Å². The van der Waals surface area contributed by atoms with Crippen LogP contribution in [0.15, 0.2) is 46.7 Å². The molecule has 2 amide bonds. The maximum Gasteiger partial charge on any atom is 0.319 e. The lowest BCUT2D eigenvalue weighted by Gasteiger charge is -2.15. The topological polar surface area (TPSA) is 82.1 Å². The van der Waals surface area contributed by atoms with E-state index in [0.717, 1.165) is 19.1 Å². The maximum atomic E-state index is 11.9. The minimum atomic E-state index is -0.286. The zero-order chi connectivity index (χ0) is 19.6. The summed E-state index contributed by atoms with van der Waals surface area (Å²) in [5.41, 5.74) is 3.25. The molecular weight excluding hydrogens is 314 g/mol. The van der Waals surface area contributed by atoms with Gasteiger partial charge >= 0.3 is 6.03 Å². The summed E-state index contributed by atoms with van der Waals surface area (Å²) in [5, 5.41) is 14.0. The Balaban J connectivity index is 5.49.